The molecule has 0 unspecified atom stereocenters. The van der Waals surface area contributed by atoms with E-state index < -0.39 is 0 Å². The predicted octanol–water partition coefficient (Wildman–Crippen LogP) is 2.24. The van der Waals surface area contributed by atoms with Crippen LogP contribution < -0.4 is 0 Å². The number of nitrogens with zero attached hydrogens (tertiary/aromatic N) is 3. The van der Waals surface area contributed by atoms with E-state index in [9.17, 15) is 0 Å². The summed E-state index contributed by atoms with van der Waals surface area (Å²) in [6.07, 6.45) is 0. The highest BCUT2D eigenvalue weighted by Crippen LogP contribution is 2.17. The van der Waals surface area contributed by atoms with Crippen LogP contribution in [0.5, 0.6) is 0 Å². The van der Waals surface area contributed by atoms with Crippen LogP contribution in [0.25, 0.3) is 11.0 Å². The summed E-state index contributed by atoms with van der Waals surface area (Å²) in [5, 5.41) is 7.95. The third-order valence-electron chi connectivity index (χ3n) is 2.24. The Labute approximate surface area is 81.3 Å². The Morgan fingerprint density at radius 2 is 2.00 bits per heavy atom. The molecule has 0 radical (unpaired) electrons. The summed E-state index contributed by atoms with van der Waals surface area (Å²) in [5.74, 6) is 0. The van der Waals surface area contributed by atoms with E-state index in [1.807, 2.05) is 6.07 Å². The number of alkyl halides is 1. The molecule has 0 bridgehead atoms. The number of halogens is 1. The number of rotatable bonds is 1. The number of hydrogen-bond acceptors (Lipinski definition) is 2. The first kappa shape index (κ1) is 8.51. The molecule has 0 spiro atoms. The Balaban J connectivity index is 2.77. The highest BCUT2D eigenvalue weighted by molar-refractivity contribution is 6.15. The maximum Gasteiger partial charge on any atom is 0.117 e. The minimum Gasteiger partial charge on any atom is -0.230 e. The van der Waals surface area contributed by atoms with E-state index in [1.165, 1.54) is 11.1 Å². The summed E-state index contributed by atoms with van der Waals surface area (Å²) in [6.45, 7) is 4.13. The van der Waals surface area contributed by atoms with E-state index in [2.05, 4.69) is 30.2 Å². The number of fused-ring (bicyclic) bond motifs is 1. The van der Waals surface area contributed by atoms with Gasteiger partial charge in [-0.1, -0.05) is 5.21 Å². The van der Waals surface area contributed by atoms with Crippen LogP contribution in [0.1, 0.15) is 11.1 Å². The number of benzene rings is 1. The van der Waals surface area contributed by atoms with E-state index in [1.54, 1.807) is 4.68 Å². The third-order valence-corrected chi connectivity index (χ3v) is 2.47. The summed E-state index contributed by atoms with van der Waals surface area (Å²) in [5.41, 5.74) is 4.37. The number of aromatic nitrogens is 3. The quantitative estimate of drug-likeness (QED) is 0.654. The van der Waals surface area contributed by atoms with Gasteiger partial charge in [0.2, 0.25) is 0 Å². The van der Waals surface area contributed by atoms with Crippen LogP contribution in [0, 0.1) is 13.8 Å². The van der Waals surface area contributed by atoms with Crippen LogP contribution in [0.4, 0.5) is 0 Å². The van der Waals surface area contributed by atoms with E-state index in [0.29, 0.717) is 6.00 Å². The first-order valence-electron chi connectivity index (χ1n) is 4.09. The Hall–Kier alpha value is -1.09. The molecule has 3 nitrogen and oxygen atoms in total. The fourth-order valence-electron chi connectivity index (χ4n) is 1.31. The normalized spacial score (nSPS) is 11.0. The van der Waals surface area contributed by atoms with Crippen molar-refractivity contribution in [1.29, 1.82) is 0 Å². The lowest BCUT2D eigenvalue weighted by Gasteiger charge is -1.99. The molecule has 68 valence electrons. The molecule has 4 heteroatoms. The van der Waals surface area contributed by atoms with Gasteiger partial charge >= 0.3 is 0 Å². The molecule has 0 aliphatic rings. The molecule has 0 saturated carbocycles. The van der Waals surface area contributed by atoms with Crippen molar-refractivity contribution in [2.75, 3.05) is 0 Å². The zero-order chi connectivity index (χ0) is 9.42. The van der Waals surface area contributed by atoms with Crippen molar-refractivity contribution < 1.29 is 0 Å². The van der Waals surface area contributed by atoms with Crippen LogP contribution in [0.2, 0.25) is 0 Å². The Morgan fingerprint density at radius 3 is 2.69 bits per heavy atom. The average Bonchev–Trinajstić information content (AvgIpc) is 2.48. The Bertz CT molecular complexity index is 447. The van der Waals surface area contributed by atoms with Crippen LogP contribution >= 0.6 is 11.6 Å². The van der Waals surface area contributed by atoms with Gasteiger partial charge in [-0.25, -0.2) is 4.68 Å². The lowest BCUT2D eigenvalue weighted by atomic mass is 10.1. The van der Waals surface area contributed by atoms with Crippen molar-refractivity contribution in [3.63, 3.8) is 0 Å². The monoisotopic (exact) mass is 195 g/mol. The van der Waals surface area contributed by atoms with Gasteiger partial charge in [-0.3, -0.25) is 0 Å². The van der Waals surface area contributed by atoms with E-state index >= 15 is 0 Å². The Kier molecular flexibility index (Phi) is 1.96. The predicted molar refractivity (Wildman–Crippen MR) is 52.9 cm³/mol. The molecule has 1 aromatic heterocycles. The summed E-state index contributed by atoms with van der Waals surface area (Å²) >= 11 is 5.70. The van der Waals surface area contributed by atoms with E-state index in [4.69, 9.17) is 11.6 Å². The van der Waals surface area contributed by atoms with Gasteiger partial charge in [0.15, 0.2) is 0 Å². The number of aryl methyl sites for hydroxylation is 2. The molecule has 13 heavy (non-hydrogen) atoms. The lowest BCUT2D eigenvalue weighted by molar-refractivity contribution is 0.717. The maximum atomic E-state index is 5.70. The highest BCUT2D eigenvalue weighted by atomic mass is 35.5. The van der Waals surface area contributed by atoms with Gasteiger partial charge in [0.1, 0.15) is 11.5 Å². The van der Waals surface area contributed by atoms with Crippen LogP contribution in [-0.4, -0.2) is 15.0 Å². The first-order chi connectivity index (χ1) is 6.22. The van der Waals surface area contributed by atoms with Crippen molar-refractivity contribution in [2.24, 2.45) is 0 Å². The van der Waals surface area contributed by atoms with Gasteiger partial charge in [-0.05, 0) is 37.1 Å². The minimum atomic E-state index is 0.346. The molecule has 2 aromatic rings. The van der Waals surface area contributed by atoms with Gasteiger partial charge in [0.25, 0.3) is 0 Å². The molecule has 0 atom stereocenters. The first-order valence-corrected chi connectivity index (χ1v) is 4.62. The molecule has 1 aromatic carbocycles. The molecule has 0 aliphatic carbocycles. The molecule has 0 N–H and O–H groups in total. The fourth-order valence-corrected chi connectivity index (χ4v) is 1.49. The van der Waals surface area contributed by atoms with Gasteiger partial charge in [-0.2, -0.15) is 0 Å². The van der Waals surface area contributed by atoms with Gasteiger partial charge < -0.3 is 0 Å². The second-order valence-electron chi connectivity index (χ2n) is 3.13. The van der Waals surface area contributed by atoms with Crippen molar-refractivity contribution in [3.8, 4) is 0 Å². The lowest BCUT2D eigenvalue weighted by Crippen LogP contribution is -1.94. The standard InChI is InChI=1S/C9H10ClN3/c1-6-3-8-9(4-7(6)2)13(5-10)12-11-8/h3-4H,5H2,1-2H3. The van der Waals surface area contributed by atoms with Crippen molar-refractivity contribution in [2.45, 2.75) is 19.9 Å². The zero-order valence-corrected chi connectivity index (χ0v) is 8.34. The molecule has 2 rings (SSSR count). The highest BCUT2D eigenvalue weighted by Gasteiger charge is 2.04. The van der Waals surface area contributed by atoms with Crippen LogP contribution in [0.3, 0.4) is 0 Å². The minimum absolute atomic E-state index is 0.346. The molecule has 0 amide bonds. The fraction of sp³-hybridized carbons (Fsp3) is 0.333. The summed E-state index contributed by atoms with van der Waals surface area (Å²) in [4.78, 5) is 0. The summed E-state index contributed by atoms with van der Waals surface area (Å²) in [7, 11) is 0. The SMILES string of the molecule is Cc1cc2nnn(CCl)c2cc1C. The maximum absolute atomic E-state index is 5.70. The van der Waals surface area contributed by atoms with Crippen molar-refractivity contribution >= 4 is 22.6 Å². The van der Waals surface area contributed by atoms with Gasteiger partial charge in [0, 0.05) is 0 Å². The van der Waals surface area contributed by atoms with E-state index in [-0.39, 0.29) is 0 Å². The van der Waals surface area contributed by atoms with Crippen molar-refractivity contribution in [1.82, 2.24) is 15.0 Å². The molecular weight excluding hydrogens is 186 g/mol. The van der Waals surface area contributed by atoms with Gasteiger partial charge in [0.05, 0.1) is 5.52 Å². The van der Waals surface area contributed by atoms with Crippen LogP contribution in [0.15, 0.2) is 12.1 Å². The molecule has 1 heterocycles. The van der Waals surface area contributed by atoms with E-state index in [0.717, 1.165) is 11.0 Å². The average molecular weight is 196 g/mol. The number of hydrogen-bond donors (Lipinski definition) is 0. The molecular formula is C9H10ClN3. The zero-order valence-electron chi connectivity index (χ0n) is 7.58. The molecule has 0 aliphatic heterocycles. The van der Waals surface area contributed by atoms with Crippen LogP contribution in [-0.2, 0) is 6.00 Å². The second kappa shape index (κ2) is 3.00. The third kappa shape index (κ3) is 1.29. The van der Waals surface area contributed by atoms with Crippen molar-refractivity contribution in [3.05, 3.63) is 23.3 Å². The Morgan fingerprint density at radius 1 is 1.31 bits per heavy atom. The summed E-state index contributed by atoms with van der Waals surface area (Å²) in [6, 6.07) is 4.44. The summed E-state index contributed by atoms with van der Waals surface area (Å²) < 4.78 is 1.68. The molecule has 0 fully saturated rings. The largest absolute Gasteiger partial charge is 0.230 e. The second-order valence-corrected chi connectivity index (χ2v) is 3.37. The molecule has 0 saturated heterocycles. The smallest absolute Gasteiger partial charge is 0.117 e. The van der Waals surface area contributed by atoms with Gasteiger partial charge in [-0.15, -0.1) is 16.7 Å². The topological polar surface area (TPSA) is 30.7 Å².